The van der Waals surface area contributed by atoms with Crippen LogP contribution < -0.4 is 0 Å². The highest BCUT2D eigenvalue weighted by molar-refractivity contribution is 6.09. The highest BCUT2D eigenvalue weighted by Crippen LogP contribution is 2.50. The maximum Gasteiger partial charge on any atom is 0.160 e. The summed E-state index contributed by atoms with van der Waals surface area (Å²) in [5.74, 6) is 0.669. The predicted molar refractivity (Wildman–Crippen MR) is 243 cm³/mol. The van der Waals surface area contributed by atoms with Crippen LogP contribution in [0.25, 0.3) is 106 Å². The topological polar surface area (TPSA) is 43.9 Å². The van der Waals surface area contributed by atoms with Crippen molar-refractivity contribution in [1.29, 1.82) is 0 Å². The Morgan fingerprint density at radius 2 is 1.02 bits per heavy atom. The Balaban J connectivity index is 1.11. The third kappa shape index (κ3) is 5.23. The van der Waals surface area contributed by atoms with E-state index in [1.54, 1.807) is 0 Å². The van der Waals surface area contributed by atoms with Crippen molar-refractivity contribution in [3.05, 3.63) is 199 Å². The summed E-state index contributed by atoms with van der Waals surface area (Å²) in [6.45, 7) is 4.67. The van der Waals surface area contributed by atoms with E-state index in [1.165, 1.54) is 33.0 Å². The Morgan fingerprint density at radius 1 is 0.407 bits per heavy atom. The molecule has 0 fully saturated rings. The summed E-state index contributed by atoms with van der Waals surface area (Å²) in [6.07, 6.45) is 0. The standard InChI is InChI=1S/C55H37N3O/c1-55(2)46-20-10-6-16-40(46)45-31-35(25-27-47(45)55)37-28-38(30-39(29-37)58-50-21-11-7-17-41(50)42-18-8-12-22-51(42)58)49-33-48(56-54(57-49)34-14-4-3-5-15-34)36-24-26-44-43-19-9-13-23-52(43)59-53(44)32-36/h3-33H,1-2H3. The predicted octanol–water partition coefficient (Wildman–Crippen LogP) is 14.4. The molecule has 8 aromatic carbocycles. The zero-order valence-corrected chi connectivity index (χ0v) is 32.6. The van der Waals surface area contributed by atoms with E-state index in [2.05, 4.69) is 176 Å². The number of para-hydroxylation sites is 3. The van der Waals surface area contributed by atoms with Crippen LogP contribution in [-0.2, 0) is 5.41 Å². The fraction of sp³-hybridized carbons (Fsp3) is 0.0545. The highest BCUT2D eigenvalue weighted by Gasteiger charge is 2.35. The van der Waals surface area contributed by atoms with Gasteiger partial charge in [-0.3, -0.25) is 0 Å². The Bertz CT molecular complexity index is 3430. The first-order valence-corrected chi connectivity index (χ1v) is 20.2. The Hall–Kier alpha value is -7.56. The van der Waals surface area contributed by atoms with Crippen molar-refractivity contribution in [2.24, 2.45) is 0 Å². The van der Waals surface area contributed by atoms with Crippen molar-refractivity contribution in [1.82, 2.24) is 14.5 Å². The summed E-state index contributed by atoms with van der Waals surface area (Å²) in [5, 5.41) is 4.65. The second kappa shape index (κ2) is 12.7. The van der Waals surface area contributed by atoms with Gasteiger partial charge in [-0.05, 0) is 94.0 Å². The molecule has 0 saturated heterocycles. The molecule has 4 heteroatoms. The molecule has 278 valence electrons. The van der Waals surface area contributed by atoms with Crippen LogP contribution in [0.2, 0.25) is 0 Å². The third-order valence-electron chi connectivity index (χ3n) is 12.4. The zero-order chi connectivity index (χ0) is 39.2. The molecule has 0 amide bonds. The van der Waals surface area contributed by atoms with Crippen molar-refractivity contribution < 1.29 is 4.42 Å². The van der Waals surface area contributed by atoms with Crippen LogP contribution in [-0.4, -0.2) is 14.5 Å². The van der Waals surface area contributed by atoms with Crippen LogP contribution in [0.1, 0.15) is 25.0 Å². The quantitative estimate of drug-likeness (QED) is 0.176. The van der Waals surface area contributed by atoms with E-state index in [-0.39, 0.29) is 5.41 Å². The van der Waals surface area contributed by atoms with Crippen LogP contribution in [0.4, 0.5) is 0 Å². The van der Waals surface area contributed by atoms with E-state index >= 15 is 0 Å². The third-order valence-corrected chi connectivity index (χ3v) is 12.4. The van der Waals surface area contributed by atoms with E-state index < -0.39 is 0 Å². The summed E-state index contributed by atoms with van der Waals surface area (Å²) >= 11 is 0. The number of benzene rings is 8. The van der Waals surface area contributed by atoms with Gasteiger partial charge >= 0.3 is 0 Å². The second-order valence-corrected chi connectivity index (χ2v) is 16.2. The average Bonchev–Trinajstić information content (AvgIpc) is 3.91. The smallest absolute Gasteiger partial charge is 0.160 e. The van der Waals surface area contributed by atoms with Gasteiger partial charge < -0.3 is 8.98 Å². The molecule has 0 atom stereocenters. The highest BCUT2D eigenvalue weighted by atomic mass is 16.3. The van der Waals surface area contributed by atoms with Gasteiger partial charge in [-0.2, -0.15) is 0 Å². The lowest BCUT2D eigenvalue weighted by Gasteiger charge is -2.21. The maximum atomic E-state index is 6.36. The maximum absolute atomic E-state index is 6.36. The summed E-state index contributed by atoms with van der Waals surface area (Å²) in [4.78, 5) is 10.6. The number of hydrogen-bond acceptors (Lipinski definition) is 3. The fourth-order valence-electron chi connectivity index (χ4n) is 9.50. The van der Waals surface area contributed by atoms with Crippen LogP contribution in [0.3, 0.4) is 0 Å². The summed E-state index contributed by atoms with van der Waals surface area (Å²) in [7, 11) is 0. The van der Waals surface area contributed by atoms with E-state index in [0.29, 0.717) is 5.82 Å². The lowest BCUT2D eigenvalue weighted by Crippen LogP contribution is -2.14. The van der Waals surface area contributed by atoms with Crippen LogP contribution in [0.15, 0.2) is 192 Å². The SMILES string of the molecule is CC1(C)c2ccccc2-c2cc(-c3cc(-c4cc(-c5ccc6c(c5)oc5ccccc56)nc(-c5ccccc5)n4)cc(-n4c5ccccc5c5ccccc54)c3)ccc21. The number of rotatable bonds is 5. The Kier molecular flexibility index (Phi) is 7.24. The molecule has 3 heterocycles. The van der Waals surface area contributed by atoms with Gasteiger partial charge in [0, 0.05) is 49.3 Å². The molecule has 0 spiro atoms. The van der Waals surface area contributed by atoms with Crippen molar-refractivity contribution in [3.8, 4) is 61.8 Å². The number of fused-ring (bicyclic) bond motifs is 9. The summed E-state index contributed by atoms with van der Waals surface area (Å²) in [6, 6.07) is 67.2. The van der Waals surface area contributed by atoms with Crippen LogP contribution in [0, 0.1) is 0 Å². The molecular formula is C55H37N3O. The summed E-state index contributed by atoms with van der Waals surface area (Å²) < 4.78 is 8.76. The lowest BCUT2D eigenvalue weighted by atomic mass is 9.82. The molecule has 0 N–H and O–H groups in total. The molecule has 11 aromatic rings. The normalized spacial score (nSPS) is 13.1. The molecule has 0 bridgehead atoms. The van der Waals surface area contributed by atoms with E-state index in [0.717, 1.165) is 77.9 Å². The molecule has 0 saturated carbocycles. The van der Waals surface area contributed by atoms with Gasteiger partial charge in [-0.25, -0.2) is 9.97 Å². The molecule has 1 aliphatic rings. The van der Waals surface area contributed by atoms with Crippen LogP contribution in [0.5, 0.6) is 0 Å². The zero-order valence-electron chi connectivity index (χ0n) is 32.6. The first-order chi connectivity index (χ1) is 29.0. The average molecular weight is 756 g/mol. The fourth-order valence-corrected chi connectivity index (χ4v) is 9.50. The molecule has 0 unspecified atom stereocenters. The van der Waals surface area contributed by atoms with E-state index in [4.69, 9.17) is 14.4 Å². The minimum Gasteiger partial charge on any atom is -0.456 e. The lowest BCUT2D eigenvalue weighted by molar-refractivity contribution is 0.660. The van der Waals surface area contributed by atoms with Crippen molar-refractivity contribution in [2.75, 3.05) is 0 Å². The summed E-state index contributed by atoms with van der Waals surface area (Å²) in [5.41, 5.74) is 17.2. The molecule has 3 aromatic heterocycles. The number of hydrogen-bond donors (Lipinski definition) is 0. The van der Waals surface area contributed by atoms with Gasteiger partial charge in [-0.1, -0.05) is 141 Å². The van der Waals surface area contributed by atoms with Crippen molar-refractivity contribution in [3.63, 3.8) is 0 Å². The number of nitrogens with zero attached hydrogens (tertiary/aromatic N) is 3. The molecular weight excluding hydrogens is 719 g/mol. The monoisotopic (exact) mass is 755 g/mol. The van der Waals surface area contributed by atoms with Gasteiger partial charge in [0.25, 0.3) is 0 Å². The number of aromatic nitrogens is 3. The second-order valence-electron chi connectivity index (χ2n) is 16.2. The van der Waals surface area contributed by atoms with Gasteiger partial charge in [0.05, 0.1) is 22.4 Å². The molecule has 0 aliphatic heterocycles. The minimum atomic E-state index is -0.0724. The minimum absolute atomic E-state index is 0.0724. The van der Waals surface area contributed by atoms with Gasteiger partial charge in [0.15, 0.2) is 5.82 Å². The van der Waals surface area contributed by atoms with Gasteiger partial charge in [0.1, 0.15) is 11.2 Å². The molecule has 12 rings (SSSR count). The molecule has 0 radical (unpaired) electrons. The van der Waals surface area contributed by atoms with Gasteiger partial charge in [-0.15, -0.1) is 0 Å². The molecule has 4 nitrogen and oxygen atoms in total. The largest absolute Gasteiger partial charge is 0.456 e. The van der Waals surface area contributed by atoms with Crippen LogP contribution >= 0.6 is 0 Å². The van der Waals surface area contributed by atoms with E-state index in [1.807, 2.05) is 30.3 Å². The molecule has 1 aliphatic carbocycles. The first-order valence-electron chi connectivity index (χ1n) is 20.2. The number of furan rings is 1. The van der Waals surface area contributed by atoms with Gasteiger partial charge in [0.2, 0.25) is 0 Å². The Labute approximate surface area is 341 Å². The van der Waals surface area contributed by atoms with Crippen molar-refractivity contribution in [2.45, 2.75) is 19.3 Å². The Morgan fingerprint density at radius 3 is 1.81 bits per heavy atom. The molecule has 59 heavy (non-hydrogen) atoms. The van der Waals surface area contributed by atoms with Crippen molar-refractivity contribution >= 4 is 43.7 Å². The first kappa shape index (κ1) is 33.6. The van der Waals surface area contributed by atoms with E-state index in [9.17, 15) is 0 Å².